The van der Waals surface area contributed by atoms with Gasteiger partial charge in [-0.15, -0.1) is 0 Å². The molecule has 0 spiro atoms. The van der Waals surface area contributed by atoms with E-state index in [4.69, 9.17) is 14.9 Å². The van der Waals surface area contributed by atoms with E-state index in [0.29, 0.717) is 17.7 Å². The zero-order chi connectivity index (χ0) is 13.7. The minimum atomic E-state index is -0.945. The summed E-state index contributed by atoms with van der Waals surface area (Å²) >= 11 is 0. The fourth-order valence-electron chi connectivity index (χ4n) is 1.88. The van der Waals surface area contributed by atoms with Gasteiger partial charge in [0.1, 0.15) is 5.75 Å². The number of methoxy groups -OCH3 is 1. The molecule has 0 radical (unpaired) electrons. The lowest BCUT2D eigenvalue weighted by atomic mass is 9.95. The second-order valence-electron chi connectivity index (χ2n) is 4.05. The van der Waals surface area contributed by atoms with E-state index >= 15 is 0 Å². The third kappa shape index (κ3) is 3.76. The Morgan fingerprint density at radius 1 is 1.22 bits per heavy atom. The minimum absolute atomic E-state index is 0.0141. The van der Waals surface area contributed by atoms with E-state index in [2.05, 4.69) is 0 Å². The smallest absolute Gasteiger partial charge is 0.307 e. The summed E-state index contributed by atoms with van der Waals surface area (Å²) in [5.74, 6) is -1.26. The molecule has 0 aromatic heterocycles. The Balaban J connectivity index is 3.10. The molecule has 98 valence electrons. The van der Waals surface area contributed by atoms with Crippen molar-refractivity contribution in [3.8, 4) is 5.75 Å². The van der Waals surface area contributed by atoms with Gasteiger partial charge in [0.2, 0.25) is 0 Å². The summed E-state index contributed by atoms with van der Waals surface area (Å²) in [6.45, 7) is 1.82. The van der Waals surface area contributed by atoms with E-state index in [1.807, 2.05) is 6.92 Å². The molecule has 0 aliphatic rings. The van der Waals surface area contributed by atoms with Crippen LogP contribution in [0, 0.1) is 6.92 Å². The molecular formula is C13H16O5. The normalized spacial score (nSPS) is 10.1. The predicted octanol–water partition coefficient (Wildman–Crippen LogP) is 1.65. The van der Waals surface area contributed by atoms with E-state index in [-0.39, 0.29) is 12.8 Å². The molecule has 1 rings (SSSR count). The lowest BCUT2D eigenvalue weighted by Gasteiger charge is -2.13. The number of ether oxygens (including phenoxy) is 1. The van der Waals surface area contributed by atoms with Crippen molar-refractivity contribution < 1.29 is 24.5 Å². The largest absolute Gasteiger partial charge is 0.497 e. The Hall–Kier alpha value is -2.04. The zero-order valence-corrected chi connectivity index (χ0v) is 10.4. The van der Waals surface area contributed by atoms with Crippen LogP contribution < -0.4 is 4.74 Å². The highest BCUT2D eigenvalue weighted by Gasteiger charge is 2.13. The molecule has 18 heavy (non-hydrogen) atoms. The van der Waals surface area contributed by atoms with E-state index < -0.39 is 11.9 Å². The first-order chi connectivity index (χ1) is 8.43. The third-order valence-corrected chi connectivity index (χ3v) is 2.71. The van der Waals surface area contributed by atoms with Gasteiger partial charge in [-0.25, -0.2) is 0 Å². The van der Waals surface area contributed by atoms with Gasteiger partial charge in [0.15, 0.2) is 0 Å². The van der Waals surface area contributed by atoms with Crippen LogP contribution in [0.15, 0.2) is 12.1 Å². The van der Waals surface area contributed by atoms with Gasteiger partial charge in [-0.1, -0.05) is 0 Å². The number of aliphatic carboxylic acids is 2. The van der Waals surface area contributed by atoms with Crippen molar-refractivity contribution in [2.75, 3.05) is 7.11 Å². The summed E-state index contributed by atoms with van der Waals surface area (Å²) in [5, 5.41) is 17.6. The van der Waals surface area contributed by atoms with Crippen LogP contribution in [0.25, 0.3) is 0 Å². The number of carbonyl (C=O) groups is 2. The summed E-state index contributed by atoms with van der Waals surface area (Å²) in [7, 11) is 1.51. The van der Waals surface area contributed by atoms with Crippen molar-refractivity contribution >= 4 is 11.9 Å². The first kappa shape index (κ1) is 14.0. The van der Waals surface area contributed by atoms with Crippen molar-refractivity contribution in [2.45, 2.75) is 26.2 Å². The summed E-state index contributed by atoms with van der Waals surface area (Å²) in [4.78, 5) is 21.4. The molecule has 0 atom stereocenters. The second-order valence-corrected chi connectivity index (χ2v) is 4.05. The molecular weight excluding hydrogens is 236 g/mol. The van der Waals surface area contributed by atoms with Crippen molar-refractivity contribution in [2.24, 2.45) is 0 Å². The van der Waals surface area contributed by atoms with E-state index in [9.17, 15) is 9.59 Å². The molecule has 0 aliphatic heterocycles. The van der Waals surface area contributed by atoms with E-state index in [1.165, 1.54) is 7.11 Å². The average Bonchev–Trinajstić information content (AvgIpc) is 2.26. The van der Waals surface area contributed by atoms with Crippen LogP contribution in [0.4, 0.5) is 0 Å². The molecule has 0 aliphatic carbocycles. The highest BCUT2D eigenvalue weighted by atomic mass is 16.5. The molecule has 0 saturated carbocycles. The number of carboxylic acids is 2. The monoisotopic (exact) mass is 252 g/mol. The molecule has 5 nitrogen and oxygen atoms in total. The molecule has 1 aromatic carbocycles. The number of aryl methyl sites for hydroxylation is 1. The zero-order valence-electron chi connectivity index (χ0n) is 10.4. The molecule has 0 unspecified atom stereocenters. The van der Waals surface area contributed by atoms with Gasteiger partial charge in [0.25, 0.3) is 0 Å². The Morgan fingerprint density at radius 3 is 2.39 bits per heavy atom. The van der Waals surface area contributed by atoms with Gasteiger partial charge in [0.05, 0.1) is 13.5 Å². The Morgan fingerprint density at radius 2 is 1.89 bits per heavy atom. The van der Waals surface area contributed by atoms with Crippen LogP contribution >= 0.6 is 0 Å². The minimum Gasteiger partial charge on any atom is -0.497 e. The maximum Gasteiger partial charge on any atom is 0.307 e. The predicted molar refractivity (Wildman–Crippen MR) is 65.0 cm³/mol. The van der Waals surface area contributed by atoms with Crippen molar-refractivity contribution in [3.63, 3.8) is 0 Å². The standard InChI is InChI=1S/C13H16O5/c1-8-5-10(18-2)6-9(7-13(16)17)11(8)3-4-12(14)15/h5-6H,3-4,7H2,1-2H3,(H,14,15)(H,16,17). The fraction of sp³-hybridized carbons (Fsp3) is 0.385. The SMILES string of the molecule is COc1cc(C)c(CCC(=O)O)c(CC(=O)O)c1. The van der Waals surface area contributed by atoms with E-state index in [0.717, 1.165) is 11.1 Å². The molecule has 0 heterocycles. The molecule has 0 amide bonds. The molecule has 5 heteroatoms. The molecule has 0 saturated heterocycles. The quantitative estimate of drug-likeness (QED) is 0.804. The summed E-state index contributed by atoms with van der Waals surface area (Å²) in [5.41, 5.74) is 2.24. The van der Waals surface area contributed by atoms with Crippen LogP contribution in [-0.2, 0) is 22.4 Å². The highest BCUT2D eigenvalue weighted by molar-refractivity contribution is 5.72. The van der Waals surface area contributed by atoms with Crippen LogP contribution in [0.5, 0.6) is 5.75 Å². The topological polar surface area (TPSA) is 83.8 Å². The Bertz CT molecular complexity index is 465. The molecule has 0 fully saturated rings. The first-order valence-electron chi connectivity index (χ1n) is 5.54. The van der Waals surface area contributed by atoms with Gasteiger partial charge < -0.3 is 14.9 Å². The Labute approximate surface area is 105 Å². The fourth-order valence-corrected chi connectivity index (χ4v) is 1.88. The summed E-state index contributed by atoms with van der Waals surface area (Å²) < 4.78 is 5.09. The first-order valence-corrected chi connectivity index (χ1v) is 5.54. The summed E-state index contributed by atoms with van der Waals surface area (Å²) in [6.07, 6.45) is 0.181. The maximum atomic E-state index is 10.8. The van der Waals surface area contributed by atoms with Crippen molar-refractivity contribution in [3.05, 3.63) is 28.8 Å². The van der Waals surface area contributed by atoms with Crippen LogP contribution in [0.2, 0.25) is 0 Å². The van der Waals surface area contributed by atoms with Gasteiger partial charge >= 0.3 is 11.9 Å². The average molecular weight is 252 g/mol. The van der Waals surface area contributed by atoms with Gasteiger partial charge in [-0.05, 0) is 42.2 Å². The number of benzene rings is 1. The van der Waals surface area contributed by atoms with Gasteiger partial charge in [-0.2, -0.15) is 0 Å². The van der Waals surface area contributed by atoms with Crippen molar-refractivity contribution in [1.29, 1.82) is 0 Å². The molecule has 2 N–H and O–H groups in total. The highest BCUT2D eigenvalue weighted by Crippen LogP contribution is 2.24. The second kappa shape index (κ2) is 6.05. The number of rotatable bonds is 6. The molecule has 0 bridgehead atoms. The number of hydrogen-bond acceptors (Lipinski definition) is 3. The van der Waals surface area contributed by atoms with E-state index in [1.54, 1.807) is 12.1 Å². The number of carboxylic acid groups (broad SMARTS) is 2. The third-order valence-electron chi connectivity index (χ3n) is 2.71. The van der Waals surface area contributed by atoms with Crippen LogP contribution in [0.1, 0.15) is 23.1 Å². The lowest BCUT2D eigenvalue weighted by Crippen LogP contribution is -2.08. The van der Waals surface area contributed by atoms with Crippen LogP contribution in [0.3, 0.4) is 0 Å². The van der Waals surface area contributed by atoms with Crippen LogP contribution in [-0.4, -0.2) is 29.3 Å². The van der Waals surface area contributed by atoms with Gasteiger partial charge in [0, 0.05) is 6.42 Å². The Kier molecular flexibility index (Phi) is 4.71. The number of hydrogen-bond donors (Lipinski definition) is 2. The van der Waals surface area contributed by atoms with Gasteiger partial charge in [-0.3, -0.25) is 9.59 Å². The molecule has 1 aromatic rings. The van der Waals surface area contributed by atoms with Crippen molar-refractivity contribution in [1.82, 2.24) is 0 Å². The lowest BCUT2D eigenvalue weighted by molar-refractivity contribution is -0.137. The maximum absolute atomic E-state index is 10.8. The summed E-state index contributed by atoms with van der Waals surface area (Å²) in [6, 6.07) is 3.43.